The van der Waals surface area contributed by atoms with E-state index in [1.165, 1.54) is 18.0 Å². The highest BCUT2D eigenvalue weighted by Crippen LogP contribution is 2.33. The Hall–Kier alpha value is -1.83. The summed E-state index contributed by atoms with van der Waals surface area (Å²) < 4.78 is 1.63. The fourth-order valence-electron chi connectivity index (χ4n) is 2.43. The van der Waals surface area contributed by atoms with Crippen molar-refractivity contribution in [2.24, 2.45) is 0 Å². The third-order valence-corrected chi connectivity index (χ3v) is 4.71. The van der Waals surface area contributed by atoms with Gasteiger partial charge in [-0.1, -0.05) is 11.8 Å². The quantitative estimate of drug-likeness (QED) is 0.800. The summed E-state index contributed by atoms with van der Waals surface area (Å²) in [6.07, 6.45) is 3.96. The van der Waals surface area contributed by atoms with Gasteiger partial charge in [0.05, 0.1) is 12.2 Å². The number of aromatic nitrogens is 4. The van der Waals surface area contributed by atoms with Gasteiger partial charge in [-0.05, 0) is 12.8 Å². The number of thioether (sulfide) groups is 1. The summed E-state index contributed by atoms with van der Waals surface area (Å²) >= 11 is 1.51. The molecule has 1 atom stereocenters. The second-order valence-electron chi connectivity index (χ2n) is 5.21. The molecule has 1 aliphatic heterocycles. The molecule has 2 aliphatic rings. The molecule has 104 valence electrons. The van der Waals surface area contributed by atoms with Gasteiger partial charge in [-0.15, -0.1) is 0 Å². The maximum atomic E-state index is 12.4. The van der Waals surface area contributed by atoms with Crippen molar-refractivity contribution in [2.45, 2.75) is 36.5 Å². The number of fused-ring (bicyclic) bond motifs is 2. The van der Waals surface area contributed by atoms with Crippen LogP contribution in [-0.4, -0.2) is 37.5 Å². The minimum absolute atomic E-state index is 0.0186. The lowest BCUT2D eigenvalue weighted by atomic mass is 10.2. The van der Waals surface area contributed by atoms with Crippen LogP contribution in [0.5, 0.6) is 0 Å². The van der Waals surface area contributed by atoms with Crippen molar-refractivity contribution in [2.75, 3.05) is 5.75 Å². The van der Waals surface area contributed by atoms with E-state index in [0.717, 1.165) is 12.8 Å². The Kier molecular flexibility index (Phi) is 2.59. The minimum Gasteiger partial charge on any atom is -0.353 e. The summed E-state index contributed by atoms with van der Waals surface area (Å²) in [6, 6.07) is 0.232. The standard InChI is InChI=1S/C12H13N5O2S/c18-9(14-6-1-2-6)3-7-5-20-12-15-10-8(4-13-16-10)11(19)17(7)12/h4,6-7H,1-3,5H2,(H,13,16)(H,14,18). The summed E-state index contributed by atoms with van der Waals surface area (Å²) in [6.45, 7) is 0. The molecule has 0 bridgehead atoms. The van der Waals surface area contributed by atoms with Crippen LogP contribution in [0, 0.1) is 0 Å². The van der Waals surface area contributed by atoms with Crippen LogP contribution in [0.4, 0.5) is 0 Å². The predicted octanol–water partition coefficient (Wildman–Crippen LogP) is 0.435. The van der Waals surface area contributed by atoms with E-state index in [4.69, 9.17) is 0 Å². The Morgan fingerprint density at radius 1 is 1.55 bits per heavy atom. The van der Waals surface area contributed by atoms with Gasteiger partial charge in [0.1, 0.15) is 5.39 Å². The molecule has 8 heteroatoms. The fourth-order valence-corrected chi connectivity index (χ4v) is 3.57. The third kappa shape index (κ3) is 1.91. The van der Waals surface area contributed by atoms with E-state index in [-0.39, 0.29) is 17.5 Å². The van der Waals surface area contributed by atoms with Crippen LogP contribution < -0.4 is 10.9 Å². The summed E-state index contributed by atoms with van der Waals surface area (Å²) in [4.78, 5) is 28.7. The topological polar surface area (TPSA) is 92.7 Å². The Balaban J connectivity index is 1.66. The third-order valence-electron chi connectivity index (χ3n) is 3.62. The molecule has 4 rings (SSSR count). The van der Waals surface area contributed by atoms with Gasteiger partial charge in [-0.2, -0.15) is 5.10 Å². The van der Waals surface area contributed by atoms with E-state index in [1.807, 2.05) is 0 Å². The number of carbonyl (C=O) groups excluding carboxylic acids is 1. The molecule has 1 aliphatic carbocycles. The zero-order chi connectivity index (χ0) is 13.7. The number of nitrogens with one attached hydrogen (secondary N) is 2. The van der Waals surface area contributed by atoms with Crippen molar-refractivity contribution in [3.05, 3.63) is 16.6 Å². The first-order valence-corrected chi connectivity index (χ1v) is 7.58. The highest BCUT2D eigenvalue weighted by atomic mass is 32.2. The number of amides is 1. The van der Waals surface area contributed by atoms with Crippen LogP contribution in [0.2, 0.25) is 0 Å². The number of nitrogens with zero attached hydrogens (tertiary/aromatic N) is 3. The van der Waals surface area contributed by atoms with Crippen LogP contribution in [0.1, 0.15) is 25.3 Å². The van der Waals surface area contributed by atoms with Gasteiger partial charge in [0, 0.05) is 18.2 Å². The highest BCUT2D eigenvalue weighted by molar-refractivity contribution is 7.99. The molecular formula is C12H13N5O2S. The summed E-state index contributed by atoms with van der Waals surface area (Å²) in [7, 11) is 0. The van der Waals surface area contributed by atoms with Gasteiger partial charge < -0.3 is 5.32 Å². The fraction of sp³-hybridized carbons (Fsp3) is 0.500. The van der Waals surface area contributed by atoms with Crippen molar-refractivity contribution in [3.63, 3.8) is 0 Å². The molecule has 2 aromatic heterocycles. The second kappa shape index (κ2) is 4.34. The van der Waals surface area contributed by atoms with Crippen LogP contribution in [0.15, 0.2) is 16.1 Å². The first-order chi connectivity index (χ1) is 9.72. The van der Waals surface area contributed by atoms with E-state index in [9.17, 15) is 9.59 Å². The van der Waals surface area contributed by atoms with Crippen molar-refractivity contribution < 1.29 is 4.79 Å². The minimum atomic E-state index is -0.118. The largest absolute Gasteiger partial charge is 0.353 e. The number of rotatable bonds is 3. The molecule has 7 nitrogen and oxygen atoms in total. The molecule has 1 unspecified atom stereocenters. The number of hydrogen-bond donors (Lipinski definition) is 2. The Bertz CT molecular complexity index is 748. The van der Waals surface area contributed by atoms with E-state index < -0.39 is 0 Å². The van der Waals surface area contributed by atoms with Crippen molar-refractivity contribution in [1.82, 2.24) is 25.1 Å². The zero-order valence-electron chi connectivity index (χ0n) is 10.6. The van der Waals surface area contributed by atoms with Crippen LogP contribution in [-0.2, 0) is 4.79 Å². The molecule has 0 radical (unpaired) electrons. The smallest absolute Gasteiger partial charge is 0.265 e. The van der Waals surface area contributed by atoms with Gasteiger partial charge in [-0.3, -0.25) is 19.3 Å². The highest BCUT2D eigenvalue weighted by Gasteiger charge is 2.30. The Morgan fingerprint density at radius 3 is 3.20 bits per heavy atom. The predicted molar refractivity (Wildman–Crippen MR) is 73.7 cm³/mol. The van der Waals surface area contributed by atoms with E-state index in [0.29, 0.717) is 34.4 Å². The molecule has 0 saturated heterocycles. The summed E-state index contributed by atoms with van der Waals surface area (Å²) in [5.74, 6) is 0.727. The molecule has 3 heterocycles. The van der Waals surface area contributed by atoms with Crippen LogP contribution in [0.25, 0.3) is 11.0 Å². The van der Waals surface area contributed by atoms with Gasteiger partial charge in [0.15, 0.2) is 10.8 Å². The Morgan fingerprint density at radius 2 is 2.40 bits per heavy atom. The second-order valence-corrected chi connectivity index (χ2v) is 6.20. The molecule has 2 aromatic rings. The maximum Gasteiger partial charge on any atom is 0.265 e. The summed E-state index contributed by atoms with van der Waals surface area (Å²) in [5, 5.41) is 10.7. The first-order valence-electron chi connectivity index (χ1n) is 6.60. The van der Waals surface area contributed by atoms with Crippen molar-refractivity contribution >= 4 is 28.7 Å². The zero-order valence-corrected chi connectivity index (χ0v) is 11.4. The van der Waals surface area contributed by atoms with Crippen molar-refractivity contribution in [1.29, 1.82) is 0 Å². The number of H-pyrrole nitrogens is 1. The molecule has 2 N–H and O–H groups in total. The SMILES string of the molecule is O=C(CC1CSc2nc3[nH]ncc3c(=O)n21)NC1CC1. The van der Waals surface area contributed by atoms with Gasteiger partial charge in [-0.25, -0.2) is 4.98 Å². The lowest BCUT2D eigenvalue weighted by Gasteiger charge is -2.12. The maximum absolute atomic E-state index is 12.4. The van der Waals surface area contributed by atoms with Gasteiger partial charge in [0.2, 0.25) is 5.91 Å². The molecule has 0 aromatic carbocycles. The summed E-state index contributed by atoms with van der Waals surface area (Å²) in [5.41, 5.74) is 0.393. The van der Waals surface area contributed by atoms with E-state index in [2.05, 4.69) is 20.5 Å². The first kappa shape index (κ1) is 12.0. The monoisotopic (exact) mass is 291 g/mol. The lowest BCUT2D eigenvalue weighted by molar-refractivity contribution is -0.121. The molecular weight excluding hydrogens is 278 g/mol. The molecule has 1 fully saturated rings. The number of aromatic amines is 1. The van der Waals surface area contributed by atoms with Crippen LogP contribution >= 0.6 is 11.8 Å². The molecule has 20 heavy (non-hydrogen) atoms. The average molecular weight is 291 g/mol. The molecule has 1 amide bonds. The molecule has 0 spiro atoms. The number of carbonyl (C=O) groups is 1. The van der Waals surface area contributed by atoms with Gasteiger partial charge in [0.25, 0.3) is 5.56 Å². The average Bonchev–Trinajstić information content (AvgIpc) is 2.95. The van der Waals surface area contributed by atoms with Gasteiger partial charge >= 0.3 is 0 Å². The van der Waals surface area contributed by atoms with E-state index in [1.54, 1.807) is 4.57 Å². The van der Waals surface area contributed by atoms with Crippen LogP contribution in [0.3, 0.4) is 0 Å². The Labute approximate surface area is 118 Å². The number of hydrogen-bond acceptors (Lipinski definition) is 5. The normalized spacial score (nSPS) is 21.1. The van der Waals surface area contributed by atoms with Crippen molar-refractivity contribution in [3.8, 4) is 0 Å². The molecule has 1 saturated carbocycles. The lowest BCUT2D eigenvalue weighted by Crippen LogP contribution is -2.31. The van der Waals surface area contributed by atoms with E-state index >= 15 is 0 Å².